The SMILES string of the molecule is Cc1cc(-c2ccc(NC(=O)Nc3cc(CN)ccc3F)cc2)ccn1. The molecular formula is C20H19FN4O. The first kappa shape index (κ1) is 17.6. The highest BCUT2D eigenvalue weighted by Gasteiger charge is 2.08. The van der Waals surface area contributed by atoms with E-state index in [1.165, 1.54) is 12.1 Å². The lowest BCUT2D eigenvalue weighted by Crippen LogP contribution is -2.20. The van der Waals surface area contributed by atoms with E-state index in [0.717, 1.165) is 22.4 Å². The lowest BCUT2D eigenvalue weighted by Gasteiger charge is -2.10. The maximum atomic E-state index is 13.8. The Hall–Kier alpha value is -3.25. The number of nitrogens with zero attached hydrogens (tertiary/aromatic N) is 1. The Morgan fingerprint density at radius 1 is 1.04 bits per heavy atom. The molecule has 3 aromatic rings. The van der Waals surface area contributed by atoms with Crippen molar-refractivity contribution in [3.63, 3.8) is 0 Å². The van der Waals surface area contributed by atoms with Crippen molar-refractivity contribution in [1.29, 1.82) is 0 Å². The Morgan fingerprint density at radius 3 is 2.50 bits per heavy atom. The number of aryl methyl sites for hydroxylation is 1. The number of anilines is 2. The number of carbonyl (C=O) groups is 1. The summed E-state index contributed by atoms with van der Waals surface area (Å²) in [6.45, 7) is 2.20. The third-order valence-electron chi connectivity index (χ3n) is 3.89. The van der Waals surface area contributed by atoms with Gasteiger partial charge in [-0.2, -0.15) is 0 Å². The lowest BCUT2D eigenvalue weighted by molar-refractivity contribution is 0.262. The van der Waals surface area contributed by atoms with Crippen molar-refractivity contribution in [2.45, 2.75) is 13.5 Å². The van der Waals surface area contributed by atoms with E-state index >= 15 is 0 Å². The van der Waals surface area contributed by atoms with E-state index in [-0.39, 0.29) is 12.2 Å². The molecule has 0 unspecified atom stereocenters. The van der Waals surface area contributed by atoms with Gasteiger partial charge in [0.1, 0.15) is 5.82 Å². The largest absolute Gasteiger partial charge is 0.326 e. The summed E-state index contributed by atoms with van der Waals surface area (Å²) in [6, 6.07) is 15.2. The first-order valence-corrected chi connectivity index (χ1v) is 8.15. The number of hydrogen-bond acceptors (Lipinski definition) is 3. The molecule has 2 aromatic carbocycles. The van der Waals surface area contributed by atoms with Crippen LogP contribution >= 0.6 is 0 Å². The van der Waals surface area contributed by atoms with Crippen LogP contribution in [0.25, 0.3) is 11.1 Å². The fourth-order valence-electron chi connectivity index (χ4n) is 2.55. The summed E-state index contributed by atoms with van der Waals surface area (Å²) in [5.74, 6) is -0.513. The van der Waals surface area contributed by atoms with E-state index in [4.69, 9.17) is 5.73 Å². The second-order valence-corrected chi connectivity index (χ2v) is 5.86. The molecule has 0 bridgehead atoms. The van der Waals surface area contributed by atoms with E-state index in [1.54, 1.807) is 24.4 Å². The van der Waals surface area contributed by atoms with Crippen molar-refractivity contribution in [1.82, 2.24) is 4.98 Å². The van der Waals surface area contributed by atoms with Crippen molar-refractivity contribution >= 4 is 17.4 Å². The van der Waals surface area contributed by atoms with Gasteiger partial charge >= 0.3 is 6.03 Å². The number of amides is 2. The summed E-state index contributed by atoms with van der Waals surface area (Å²) in [6.07, 6.45) is 1.76. The first-order valence-electron chi connectivity index (χ1n) is 8.15. The number of hydrogen-bond donors (Lipinski definition) is 3. The highest BCUT2D eigenvalue weighted by Crippen LogP contribution is 2.22. The van der Waals surface area contributed by atoms with Crippen LogP contribution in [0.5, 0.6) is 0 Å². The molecule has 26 heavy (non-hydrogen) atoms. The predicted octanol–water partition coefficient (Wildman–Crippen LogP) is 4.30. The molecule has 0 atom stereocenters. The van der Waals surface area contributed by atoms with E-state index < -0.39 is 11.8 Å². The lowest BCUT2D eigenvalue weighted by atomic mass is 10.1. The van der Waals surface area contributed by atoms with Crippen LogP contribution in [0.4, 0.5) is 20.6 Å². The highest BCUT2D eigenvalue weighted by molar-refractivity contribution is 6.00. The smallest absolute Gasteiger partial charge is 0.323 e. The van der Waals surface area contributed by atoms with Crippen LogP contribution in [-0.4, -0.2) is 11.0 Å². The van der Waals surface area contributed by atoms with Gasteiger partial charge in [-0.25, -0.2) is 9.18 Å². The van der Waals surface area contributed by atoms with Crippen molar-refractivity contribution in [2.75, 3.05) is 10.6 Å². The van der Waals surface area contributed by atoms with Gasteiger partial charge in [0.2, 0.25) is 0 Å². The van der Waals surface area contributed by atoms with E-state index in [9.17, 15) is 9.18 Å². The third-order valence-corrected chi connectivity index (χ3v) is 3.89. The standard InChI is InChI=1S/C20H19FN4O/c1-13-10-16(8-9-23-13)15-3-5-17(6-4-15)24-20(26)25-19-11-14(12-22)2-7-18(19)21/h2-11H,12,22H2,1H3,(H2,24,25,26). The molecule has 0 aliphatic rings. The molecule has 0 radical (unpaired) electrons. The minimum atomic E-state index is -0.523. The van der Waals surface area contributed by atoms with Gasteiger partial charge in [-0.15, -0.1) is 0 Å². The highest BCUT2D eigenvalue weighted by atomic mass is 19.1. The molecule has 6 heteroatoms. The summed E-state index contributed by atoms with van der Waals surface area (Å²) < 4.78 is 13.8. The normalized spacial score (nSPS) is 10.4. The predicted molar refractivity (Wildman–Crippen MR) is 101 cm³/mol. The zero-order valence-corrected chi connectivity index (χ0v) is 14.3. The summed E-state index contributed by atoms with van der Waals surface area (Å²) in [5, 5.41) is 5.18. The number of pyridine rings is 1. The summed E-state index contributed by atoms with van der Waals surface area (Å²) in [5.41, 5.74) is 9.97. The average Bonchev–Trinajstić information content (AvgIpc) is 2.64. The number of nitrogens with one attached hydrogen (secondary N) is 2. The molecule has 1 aromatic heterocycles. The fourth-order valence-corrected chi connectivity index (χ4v) is 2.55. The van der Waals surface area contributed by atoms with Crippen LogP contribution < -0.4 is 16.4 Å². The van der Waals surface area contributed by atoms with Gasteiger partial charge in [-0.05, 0) is 60.0 Å². The van der Waals surface area contributed by atoms with Crippen LogP contribution in [0, 0.1) is 12.7 Å². The Bertz CT molecular complexity index is 925. The second kappa shape index (κ2) is 7.76. The van der Waals surface area contributed by atoms with Crippen LogP contribution in [0.3, 0.4) is 0 Å². The van der Waals surface area contributed by atoms with Crippen molar-refractivity contribution in [2.24, 2.45) is 5.73 Å². The summed E-state index contributed by atoms with van der Waals surface area (Å²) >= 11 is 0. The van der Waals surface area contributed by atoms with E-state index in [0.29, 0.717) is 5.69 Å². The maximum absolute atomic E-state index is 13.8. The molecule has 2 amide bonds. The number of aromatic nitrogens is 1. The molecule has 4 N–H and O–H groups in total. The molecule has 132 valence electrons. The number of urea groups is 1. The van der Waals surface area contributed by atoms with Gasteiger partial charge in [0, 0.05) is 24.1 Å². The number of halogens is 1. The maximum Gasteiger partial charge on any atom is 0.323 e. The molecule has 0 fully saturated rings. The minimum Gasteiger partial charge on any atom is -0.326 e. The minimum absolute atomic E-state index is 0.0920. The molecule has 0 aliphatic heterocycles. The Morgan fingerprint density at radius 2 is 1.81 bits per heavy atom. The third kappa shape index (κ3) is 4.23. The van der Waals surface area contributed by atoms with E-state index in [1.807, 2.05) is 31.2 Å². The number of rotatable bonds is 4. The second-order valence-electron chi connectivity index (χ2n) is 5.86. The van der Waals surface area contributed by atoms with Gasteiger partial charge < -0.3 is 16.4 Å². The van der Waals surface area contributed by atoms with Crippen LogP contribution in [0.15, 0.2) is 60.8 Å². The van der Waals surface area contributed by atoms with Crippen LogP contribution in [0.1, 0.15) is 11.3 Å². The van der Waals surface area contributed by atoms with E-state index in [2.05, 4.69) is 15.6 Å². The van der Waals surface area contributed by atoms with Crippen molar-refractivity contribution in [3.05, 3.63) is 77.9 Å². The fraction of sp³-hybridized carbons (Fsp3) is 0.100. The quantitative estimate of drug-likeness (QED) is 0.656. The zero-order chi connectivity index (χ0) is 18.5. The Balaban J connectivity index is 1.68. The Labute approximate surface area is 151 Å². The zero-order valence-electron chi connectivity index (χ0n) is 14.3. The average molecular weight is 350 g/mol. The molecule has 0 saturated carbocycles. The Kier molecular flexibility index (Phi) is 5.24. The van der Waals surface area contributed by atoms with Gasteiger partial charge in [0.15, 0.2) is 0 Å². The molecule has 3 rings (SSSR count). The van der Waals surface area contributed by atoms with Crippen LogP contribution in [0.2, 0.25) is 0 Å². The topological polar surface area (TPSA) is 80.0 Å². The molecule has 5 nitrogen and oxygen atoms in total. The summed E-state index contributed by atoms with van der Waals surface area (Å²) in [4.78, 5) is 16.3. The molecule has 0 spiro atoms. The number of benzene rings is 2. The first-order chi connectivity index (χ1) is 12.5. The number of carbonyl (C=O) groups excluding carboxylic acids is 1. The molecule has 0 saturated heterocycles. The van der Waals surface area contributed by atoms with Gasteiger partial charge in [-0.1, -0.05) is 18.2 Å². The van der Waals surface area contributed by atoms with Gasteiger partial charge in [-0.3, -0.25) is 4.98 Å². The molecule has 1 heterocycles. The van der Waals surface area contributed by atoms with Crippen LogP contribution in [-0.2, 0) is 6.54 Å². The van der Waals surface area contributed by atoms with Gasteiger partial charge in [0.05, 0.1) is 5.69 Å². The molecular weight excluding hydrogens is 331 g/mol. The van der Waals surface area contributed by atoms with Crippen molar-refractivity contribution in [3.8, 4) is 11.1 Å². The monoisotopic (exact) mass is 350 g/mol. The van der Waals surface area contributed by atoms with Crippen molar-refractivity contribution < 1.29 is 9.18 Å². The summed E-state index contributed by atoms with van der Waals surface area (Å²) in [7, 11) is 0. The molecule has 0 aliphatic carbocycles. The van der Waals surface area contributed by atoms with Gasteiger partial charge in [0.25, 0.3) is 0 Å². The number of nitrogens with two attached hydrogens (primary N) is 1.